The summed E-state index contributed by atoms with van der Waals surface area (Å²) in [6.07, 6.45) is 2.04. The van der Waals surface area contributed by atoms with Gasteiger partial charge in [0, 0.05) is 12.1 Å². The minimum Gasteiger partial charge on any atom is -0.494 e. The fourth-order valence-electron chi connectivity index (χ4n) is 2.10. The highest BCUT2D eigenvalue weighted by Gasteiger charge is 2.16. The summed E-state index contributed by atoms with van der Waals surface area (Å²) >= 11 is 0. The highest BCUT2D eigenvalue weighted by Crippen LogP contribution is 2.25. The molecule has 1 heterocycles. The Bertz CT molecular complexity index is 764. The normalized spacial score (nSPS) is 10.2. The van der Waals surface area contributed by atoms with E-state index >= 15 is 0 Å². The lowest BCUT2D eigenvalue weighted by molar-refractivity contribution is -0.384. The van der Waals surface area contributed by atoms with E-state index in [9.17, 15) is 14.9 Å². The Hall–Kier alpha value is -3.23. The first-order chi connectivity index (χ1) is 12.5. The topological polar surface area (TPSA) is 116 Å². The van der Waals surface area contributed by atoms with E-state index in [2.05, 4.69) is 15.3 Å². The molecule has 1 aromatic heterocycles. The minimum atomic E-state index is -0.539. The Morgan fingerprint density at radius 2 is 2.04 bits per heavy atom. The van der Waals surface area contributed by atoms with Crippen LogP contribution in [0.3, 0.4) is 0 Å². The van der Waals surface area contributed by atoms with Gasteiger partial charge in [-0.3, -0.25) is 14.9 Å². The lowest BCUT2D eigenvalue weighted by Crippen LogP contribution is -2.06. The fraction of sp³-hybridized carbons (Fsp3) is 0.353. The van der Waals surface area contributed by atoms with Crippen LogP contribution in [0.25, 0.3) is 0 Å². The van der Waals surface area contributed by atoms with Crippen LogP contribution in [0.1, 0.15) is 25.6 Å². The van der Waals surface area contributed by atoms with E-state index in [4.69, 9.17) is 9.47 Å². The van der Waals surface area contributed by atoms with Crippen LogP contribution in [0.2, 0.25) is 0 Å². The molecule has 0 aliphatic heterocycles. The SMILES string of the molecule is CCOC(=O)CCCOc1ccc(Nc2nc(C)ncc2[N+](=O)[O-])cc1. The third-order valence-electron chi connectivity index (χ3n) is 3.30. The first-order valence-electron chi connectivity index (χ1n) is 8.13. The molecule has 1 N–H and O–H groups in total. The van der Waals surface area contributed by atoms with E-state index in [0.717, 1.165) is 0 Å². The number of nitrogens with one attached hydrogen (secondary N) is 1. The molecule has 2 aromatic rings. The van der Waals surface area contributed by atoms with E-state index in [0.29, 0.717) is 43.3 Å². The maximum absolute atomic E-state index is 11.2. The van der Waals surface area contributed by atoms with Crippen molar-refractivity contribution >= 4 is 23.2 Å². The van der Waals surface area contributed by atoms with Crippen molar-refractivity contribution in [1.29, 1.82) is 0 Å². The Morgan fingerprint density at radius 3 is 2.69 bits per heavy atom. The maximum atomic E-state index is 11.2. The lowest BCUT2D eigenvalue weighted by Gasteiger charge is -2.09. The van der Waals surface area contributed by atoms with E-state index in [1.165, 1.54) is 6.20 Å². The fourth-order valence-corrected chi connectivity index (χ4v) is 2.10. The zero-order chi connectivity index (χ0) is 18.9. The monoisotopic (exact) mass is 360 g/mol. The third kappa shape index (κ3) is 5.69. The number of nitrogens with zero attached hydrogens (tertiary/aromatic N) is 3. The number of benzene rings is 1. The van der Waals surface area contributed by atoms with Crippen molar-refractivity contribution in [2.75, 3.05) is 18.5 Å². The molecular formula is C17H20N4O5. The van der Waals surface area contributed by atoms with Gasteiger partial charge in [0.1, 0.15) is 17.8 Å². The molecule has 0 bridgehead atoms. The van der Waals surface area contributed by atoms with Crippen molar-refractivity contribution in [1.82, 2.24) is 9.97 Å². The average molecular weight is 360 g/mol. The molecule has 0 saturated heterocycles. The predicted octanol–water partition coefficient (Wildman–Crippen LogP) is 3.16. The maximum Gasteiger partial charge on any atom is 0.329 e. The van der Waals surface area contributed by atoms with Gasteiger partial charge in [-0.15, -0.1) is 0 Å². The molecule has 0 aliphatic rings. The van der Waals surface area contributed by atoms with Gasteiger partial charge in [0.15, 0.2) is 0 Å². The van der Waals surface area contributed by atoms with Crippen LogP contribution >= 0.6 is 0 Å². The molecule has 0 aliphatic carbocycles. The number of aryl methyl sites for hydroxylation is 1. The van der Waals surface area contributed by atoms with E-state index in [1.807, 2.05) is 0 Å². The molecule has 0 amide bonds. The van der Waals surface area contributed by atoms with Gasteiger partial charge in [-0.1, -0.05) is 0 Å². The van der Waals surface area contributed by atoms with Crippen LogP contribution in [0.4, 0.5) is 17.2 Å². The molecule has 0 radical (unpaired) electrons. The van der Waals surface area contributed by atoms with Crippen molar-refractivity contribution in [3.8, 4) is 5.75 Å². The summed E-state index contributed by atoms with van der Waals surface area (Å²) in [4.78, 5) is 29.6. The molecule has 0 atom stereocenters. The quantitative estimate of drug-likeness (QED) is 0.314. The Balaban J connectivity index is 1.91. The number of carbonyl (C=O) groups is 1. The van der Waals surface area contributed by atoms with Crippen molar-refractivity contribution in [3.05, 3.63) is 46.4 Å². The molecule has 0 saturated carbocycles. The van der Waals surface area contributed by atoms with Crippen LogP contribution in [-0.4, -0.2) is 34.1 Å². The van der Waals surface area contributed by atoms with Gasteiger partial charge >= 0.3 is 11.7 Å². The molecule has 26 heavy (non-hydrogen) atoms. The summed E-state index contributed by atoms with van der Waals surface area (Å²) in [5, 5.41) is 14.0. The highest BCUT2D eigenvalue weighted by molar-refractivity contribution is 5.69. The van der Waals surface area contributed by atoms with Gasteiger partial charge in [-0.05, 0) is 44.5 Å². The summed E-state index contributed by atoms with van der Waals surface area (Å²) in [7, 11) is 0. The second kappa shape index (κ2) is 9.30. The van der Waals surface area contributed by atoms with Crippen molar-refractivity contribution in [2.24, 2.45) is 0 Å². The van der Waals surface area contributed by atoms with Gasteiger partial charge in [0.05, 0.1) is 18.1 Å². The van der Waals surface area contributed by atoms with Crippen molar-refractivity contribution in [3.63, 3.8) is 0 Å². The lowest BCUT2D eigenvalue weighted by atomic mass is 10.3. The van der Waals surface area contributed by atoms with Crippen LogP contribution < -0.4 is 10.1 Å². The highest BCUT2D eigenvalue weighted by atomic mass is 16.6. The second-order valence-electron chi connectivity index (χ2n) is 5.31. The summed E-state index contributed by atoms with van der Waals surface area (Å²) < 4.78 is 10.4. The largest absolute Gasteiger partial charge is 0.494 e. The molecular weight excluding hydrogens is 340 g/mol. The molecule has 9 heteroatoms. The van der Waals surface area contributed by atoms with E-state index in [-0.39, 0.29) is 17.5 Å². The summed E-state index contributed by atoms with van der Waals surface area (Å²) in [6.45, 7) is 4.18. The number of carbonyl (C=O) groups excluding carboxylic acids is 1. The zero-order valence-electron chi connectivity index (χ0n) is 14.6. The minimum absolute atomic E-state index is 0.130. The van der Waals surface area contributed by atoms with Crippen LogP contribution in [-0.2, 0) is 9.53 Å². The van der Waals surface area contributed by atoms with E-state index in [1.54, 1.807) is 38.1 Å². The third-order valence-corrected chi connectivity index (χ3v) is 3.30. The number of rotatable bonds is 9. The molecule has 138 valence electrons. The van der Waals surface area contributed by atoms with Gasteiger partial charge < -0.3 is 14.8 Å². The van der Waals surface area contributed by atoms with Crippen LogP contribution in [0.5, 0.6) is 5.75 Å². The first-order valence-corrected chi connectivity index (χ1v) is 8.13. The number of aromatic nitrogens is 2. The molecule has 9 nitrogen and oxygen atoms in total. The van der Waals surface area contributed by atoms with Crippen molar-refractivity contribution < 1.29 is 19.2 Å². The van der Waals surface area contributed by atoms with Gasteiger partial charge in [0.25, 0.3) is 0 Å². The molecule has 0 fully saturated rings. The van der Waals surface area contributed by atoms with Crippen LogP contribution in [0, 0.1) is 17.0 Å². The first kappa shape index (κ1) is 19.1. The number of esters is 1. The smallest absolute Gasteiger partial charge is 0.329 e. The standard InChI is InChI=1S/C17H20N4O5/c1-3-25-16(22)5-4-10-26-14-8-6-13(7-9-14)20-17-15(21(23)24)11-18-12(2)19-17/h6-9,11H,3-5,10H2,1-2H3,(H,18,19,20). The number of ether oxygens (including phenoxy) is 2. The molecule has 0 spiro atoms. The number of hydrogen-bond donors (Lipinski definition) is 1. The molecule has 1 aromatic carbocycles. The average Bonchev–Trinajstić information content (AvgIpc) is 2.60. The number of hydrogen-bond acceptors (Lipinski definition) is 8. The Labute approximate surface area is 150 Å². The zero-order valence-corrected chi connectivity index (χ0v) is 14.6. The van der Waals surface area contributed by atoms with Gasteiger partial charge in [-0.25, -0.2) is 9.97 Å². The van der Waals surface area contributed by atoms with Gasteiger partial charge in [0.2, 0.25) is 5.82 Å². The van der Waals surface area contributed by atoms with E-state index < -0.39 is 4.92 Å². The van der Waals surface area contributed by atoms with Crippen LogP contribution in [0.15, 0.2) is 30.5 Å². The summed E-state index contributed by atoms with van der Waals surface area (Å²) in [5.74, 6) is 0.954. The summed E-state index contributed by atoms with van der Waals surface area (Å²) in [6, 6.07) is 6.91. The van der Waals surface area contributed by atoms with Crippen molar-refractivity contribution in [2.45, 2.75) is 26.7 Å². The molecule has 2 rings (SSSR count). The molecule has 0 unspecified atom stereocenters. The van der Waals surface area contributed by atoms with Gasteiger partial charge in [-0.2, -0.15) is 0 Å². The second-order valence-corrected chi connectivity index (χ2v) is 5.31. The Morgan fingerprint density at radius 1 is 1.31 bits per heavy atom. The number of nitro groups is 1. The Kier molecular flexibility index (Phi) is 6.84. The predicted molar refractivity (Wildman–Crippen MR) is 94.5 cm³/mol. The summed E-state index contributed by atoms with van der Waals surface area (Å²) in [5.41, 5.74) is 0.431. The number of anilines is 2.